The van der Waals surface area contributed by atoms with Gasteiger partial charge in [0, 0.05) is 6.54 Å². The Morgan fingerprint density at radius 2 is 2.58 bits per heavy atom. The van der Waals surface area contributed by atoms with Crippen LogP contribution in [0, 0.1) is 0 Å². The molecule has 1 aromatic heterocycles. The number of carbonyl (C=O) groups excluding carboxylic acids is 1. The van der Waals surface area contributed by atoms with E-state index in [1.165, 1.54) is 6.92 Å². The number of nitrogen functional groups attached to an aromatic ring is 1. The van der Waals surface area contributed by atoms with E-state index in [1.54, 1.807) is 6.20 Å². The maximum absolute atomic E-state index is 10.5. The smallest absolute Gasteiger partial charge is 0.143 e. The molecule has 0 saturated carbocycles. The molecule has 3 N–H and O–H groups in total. The monoisotopic (exact) mass is 169 g/mol. The van der Waals surface area contributed by atoms with Gasteiger partial charge in [-0.05, 0) is 12.1 Å². The minimum Gasteiger partial charge on any atom is -0.322 e. The Kier molecular flexibility index (Phi) is 2.76. The van der Waals surface area contributed by atoms with Gasteiger partial charge in [-0.15, -0.1) is 5.10 Å². The van der Waals surface area contributed by atoms with Crippen LogP contribution in [0.15, 0.2) is 6.20 Å². The Morgan fingerprint density at radius 3 is 3.08 bits per heavy atom. The molecule has 0 aliphatic rings. The molecular weight excluding hydrogens is 158 g/mol. The molecule has 1 heterocycles. The molecule has 0 bridgehead atoms. The largest absolute Gasteiger partial charge is 0.322 e. The van der Waals surface area contributed by atoms with Crippen LogP contribution >= 0.6 is 0 Å². The minimum absolute atomic E-state index is 0.0927. The molecule has 0 unspecified atom stereocenters. The van der Waals surface area contributed by atoms with Gasteiger partial charge < -0.3 is 11.2 Å². The standard InChI is InChI=1S/C6H11N5O/c1-5(12)2-8-3-6-4-11(7)10-9-6/h4,8H,2-3,7H2,1H3. The van der Waals surface area contributed by atoms with Crippen molar-refractivity contribution in [2.24, 2.45) is 0 Å². The Bertz CT molecular complexity index is 269. The molecule has 0 spiro atoms. The lowest BCUT2D eigenvalue weighted by atomic mass is 10.4. The molecule has 6 heteroatoms. The molecule has 66 valence electrons. The van der Waals surface area contributed by atoms with E-state index in [0.29, 0.717) is 13.1 Å². The van der Waals surface area contributed by atoms with Crippen LogP contribution in [0.25, 0.3) is 0 Å². The summed E-state index contributed by atoms with van der Waals surface area (Å²) in [4.78, 5) is 11.6. The van der Waals surface area contributed by atoms with Crippen molar-refractivity contribution >= 4 is 5.78 Å². The predicted octanol–water partition coefficient (Wildman–Crippen LogP) is -1.33. The van der Waals surface area contributed by atoms with Gasteiger partial charge in [0.25, 0.3) is 0 Å². The van der Waals surface area contributed by atoms with E-state index >= 15 is 0 Å². The lowest BCUT2D eigenvalue weighted by Gasteiger charge is -1.96. The first-order valence-corrected chi connectivity index (χ1v) is 3.55. The highest BCUT2D eigenvalue weighted by atomic mass is 16.1. The number of carbonyl (C=O) groups is 1. The summed E-state index contributed by atoms with van der Waals surface area (Å²) >= 11 is 0. The summed E-state index contributed by atoms with van der Waals surface area (Å²) in [5.41, 5.74) is 0.721. The number of nitrogens with zero attached hydrogens (tertiary/aromatic N) is 3. The second kappa shape index (κ2) is 3.82. The zero-order valence-corrected chi connectivity index (χ0v) is 6.82. The van der Waals surface area contributed by atoms with Crippen LogP contribution in [-0.2, 0) is 11.3 Å². The van der Waals surface area contributed by atoms with E-state index in [4.69, 9.17) is 5.84 Å². The third-order valence-electron chi connectivity index (χ3n) is 1.24. The van der Waals surface area contributed by atoms with E-state index in [0.717, 1.165) is 10.5 Å². The lowest BCUT2D eigenvalue weighted by molar-refractivity contribution is -0.116. The molecule has 1 aromatic rings. The third kappa shape index (κ3) is 2.67. The van der Waals surface area contributed by atoms with E-state index in [1.807, 2.05) is 0 Å². The molecule has 0 saturated heterocycles. The molecule has 0 amide bonds. The van der Waals surface area contributed by atoms with Crippen molar-refractivity contribution < 1.29 is 4.79 Å². The van der Waals surface area contributed by atoms with Crippen molar-refractivity contribution in [3.63, 3.8) is 0 Å². The Hall–Kier alpha value is -1.43. The fraction of sp³-hybridized carbons (Fsp3) is 0.500. The average molecular weight is 169 g/mol. The number of nitrogens with two attached hydrogens (primary N) is 1. The molecule has 0 fully saturated rings. The number of hydrogen-bond donors (Lipinski definition) is 2. The minimum atomic E-state index is 0.0927. The predicted molar refractivity (Wildman–Crippen MR) is 42.6 cm³/mol. The summed E-state index contributed by atoms with van der Waals surface area (Å²) in [6.45, 7) is 2.38. The second-order valence-electron chi connectivity index (χ2n) is 2.50. The average Bonchev–Trinajstić information content (AvgIpc) is 2.35. The zero-order valence-electron chi connectivity index (χ0n) is 6.82. The van der Waals surface area contributed by atoms with E-state index < -0.39 is 0 Å². The first-order chi connectivity index (χ1) is 5.68. The van der Waals surface area contributed by atoms with Crippen LogP contribution in [0.4, 0.5) is 0 Å². The lowest BCUT2D eigenvalue weighted by Crippen LogP contribution is -2.20. The molecule has 0 aromatic carbocycles. The van der Waals surface area contributed by atoms with Crippen molar-refractivity contribution in [2.45, 2.75) is 13.5 Å². The van der Waals surface area contributed by atoms with Gasteiger partial charge in [0.1, 0.15) is 5.78 Å². The van der Waals surface area contributed by atoms with Crippen molar-refractivity contribution in [1.82, 2.24) is 20.4 Å². The first kappa shape index (κ1) is 8.66. The van der Waals surface area contributed by atoms with Crippen LogP contribution in [0.2, 0.25) is 0 Å². The highest BCUT2D eigenvalue weighted by Crippen LogP contribution is 1.87. The maximum atomic E-state index is 10.5. The summed E-state index contributed by atoms with van der Waals surface area (Å²) < 4.78 is 0. The van der Waals surface area contributed by atoms with Gasteiger partial charge in [-0.1, -0.05) is 0 Å². The Labute approximate surface area is 69.7 Å². The van der Waals surface area contributed by atoms with Gasteiger partial charge in [0.15, 0.2) is 0 Å². The maximum Gasteiger partial charge on any atom is 0.143 e. The normalized spacial score (nSPS) is 10.1. The summed E-state index contributed by atoms with van der Waals surface area (Å²) in [6, 6.07) is 0. The van der Waals surface area contributed by atoms with Gasteiger partial charge in [-0.3, -0.25) is 4.79 Å². The van der Waals surface area contributed by atoms with Crippen molar-refractivity contribution in [3.05, 3.63) is 11.9 Å². The highest BCUT2D eigenvalue weighted by Gasteiger charge is 1.98. The Morgan fingerprint density at radius 1 is 1.83 bits per heavy atom. The molecule has 6 nitrogen and oxygen atoms in total. The van der Waals surface area contributed by atoms with E-state index in [9.17, 15) is 4.79 Å². The van der Waals surface area contributed by atoms with Gasteiger partial charge >= 0.3 is 0 Å². The number of nitrogens with one attached hydrogen (secondary N) is 1. The third-order valence-corrected chi connectivity index (χ3v) is 1.24. The SMILES string of the molecule is CC(=O)CNCc1cn(N)nn1. The fourth-order valence-corrected chi connectivity index (χ4v) is 0.761. The molecular formula is C6H11N5O. The van der Waals surface area contributed by atoms with Gasteiger partial charge in [-0.25, -0.2) is 0 Å². The topological polar surface area (TPSA) is 85.8 Å². The van der Waals surface area contributed by atoms with Crippen molar-refractivity contribution in [3.8, 4) is 0 Å². The molecule has 0 atom stereocenters. The molecule has 0 radical (unpaired) electrons. The first-order valence-electron chi connectivity index (χ1n) is 3.55. The molecule has 0 aliphatic heterocycles. The molecule has 12 heavy (non-hydrogen) atoms. The van der Waals surface area contributed by atoms with Crippen LogP contribution < -0.4 is 11.2 Å². The second-order valence-corrected chi connectivity index (χ2v) is 2.50. The number of hydrogen-bond acceptors (Lipinski definition) is 5. The van der Waals surface area contributed by atoms with Crippen LogP contribution in [-0.4, -0.2) is 27.4 Å². The zero-order chi connectivity index (χ0) is 8.97. The highest BCUT2D eigenvalue weighted by molar-refractivity contribution is 5.77. The van der Waals surface area contributed by atoms with Crippen molar-refractivity contribution in [2.75, 3.05) is 12.4 Å². The van der Waals surface area contributed by atoms with Crippen LogP contribution in [0.3, 0.4) is 0 Å². The van der Waals surface area contributed by atoms with Crippen LogP contribution in [0.5, 0.6) is 0 Å². The van der Waals surface area contributed by atoms with E-state index in [2.05, 4.69) is 15.6 Å². The Balaban J connectivity index is 2.29. The summed E-state index contributed by atoms with van der Waals surface area (Å²) in [5, 5.41) is 10.2. The number of aromatic nitrogens is 3. The fourth-order valence-electron chi connectivity index (χ4n) is 0.761. The number of rotatable bonds is 4. The number of Topliss-reactive ketones (excluding diaryl/α,β-unsaturated/α-hetero) is 1. The van der Waals surface area contributed by atoms with Gasteiger partial charge in [0.2, 0.25) is 0 Å². The summed E-state index contributed by atoms with van der Waals surface area (Å²) in [6.07, 6.45) is 1.59. The van der Waals surface area contributed by atoms with Crippen molar-refractivity contribution in [1.29, 1.82) is 0 Å². The van der Waals surface area contributed by atoms with Crippen LogP contribution in [0.1, 0.15) is 12.6 Å². The van der Waals surface area contributed by atoms with Gasteiger partial charge in [-0.2, -0.15) is 4.79 Å². The van der Waals surface area contributed by atoms with Gasteiger partial charge in [0.05, 0.1) is 18.4 Å². The quantitative estimate of drug-likeness (QED) is 0.545. The molecule has 0 aliphatic carbocycles. The summed E-state index contributed by atoms with van der Waals surface area (Å²) in [5.74, 6) is 5.35. The number of ketones is 1. The summed E-state index contributed by atoms with van der Waals surface area (Å²) in [7, 11) is 0. The molecule has 1 rings (SSSR count). The van der Waals surface area contributed by atoms with E-state index in [-0.39, 0.29) is 5.78 Å².